The van der Waals surface area contributed by atoms with Gasteiger partial charge in [0.15, 0.2) is 12.4 Å². The number of allylic oxidation sites excluding steroid dienone is 1. The third-order valence-electron chi connectivity index (χ3n) is 4.41. The maximum Gasteiger partial charge on any atom is 0.310 e. The van der Waals surface area contributed by atoms with Crippen LogP contribution < -0.4 is 4.57 Å². The lowest BCUT2D eigenvalue weighted by molar-refractivity contribution is -0.598. The molecule has 0 radical (unpaired) electrons. The molecule has 0 unspecified atom stereocenters. The highest BCUT2D eigenvalue weighted by molar-refractivity contribution is 9.10. The zero-order valence-corrected chi connectivity index (χ0v) is 20.6. The average molecular weight is 517 g/mol. The van der Waals surface area contributed by atoms with Crippen molar-refractivity contribution in [2.75, 3.05) is 12.4 Å². The predicted octanol–water partition coefficient (Wildman–Crippen LogP) is 5.79. The van der Waals surface area contributed by atoms with Crippen molar-refractivity contribution in [2.45, 2.75) is 24.5 Å². The van der Waals surface area contributed by atoms with Crippen molar-refractivity contribution >= 4 is 50.8 Å². The highest BCUT2D eigenvalue weighted by atomic mass is 79.9. The lowest BCUT2D eigenvalue weighted by Gasteiger charge is -2.05. The van der Waals surface area contributed by atoms with Crippen LogP contribution >= 0.6 is 39.0 Å². The van der Waals surface area contributed by atoms with E-state index in [4.69, 9.17) is 4.74 Å². The molecule has 0 aliphatic carbocycles. The summed E-state index contributed by atoms with van der Waals surface area (Å²) < 4.78 is 9.10. The molecule has 0 saturated carbocycles. The lowest BCUT2D eigenvalue weighted by atomic mass is 10.0. The molecule has 3 aromatic rings. The fraction of sp³-hybridized carbons (Fsp3) is 0.208. The van der Waals surface area contributed by atoms with Gasteiger partial charge in [-0.2, -0.15) is 4.57 Å². The van der Waals surface area contributed by atoms with Crippen LogP contribution in [0.15, 0.2) is 75.7 Å². The van der Waals surface area contributed by atoms with Crippen LogP contribution in [-0.2, 0) is 16.0 Å². The fourth-order valence-electron chi connectivity index (χ4n) is 3.00. The summed E-state index contributed by atoms with van der Waals surface area (Å²) in [5, 5.41) is 0. The fourth-order valence-corrected chi connectivity index (χ4v) is 5.77. The van der Waals surface area contributed by atoms with E-state index in [2.05, 4.69) is 22.0 Å². The number of aromatic nitrogens is 1. The van der Waals surface area contributed by atoms with Crippen LogP contribution in [0.2, 0.25) is 0 Å². The molecule has 0 fully saturated rings. The van der Waals surface area contributed by atoms with Gasteiger partial charge >= 0.3 is 5.97 Å². The number of thiophene rings is 1. The Balaban J connectivity index is 2.16. The number of ether oxygens (including phenoxy) is 1. The van der Waals surface area contributed by atoms with Gasteiger partial charge in [0.05, 0.1) is 23.5 Å². The summed E-state index contributed by atoms with van der Waals surface area (Å²) in [6.07, 6.45) is 7.99. The van der Waals surface area contributed by atoms with Gasteiger partial charge < -0.3 is 4.74 Å². The van der Waals surface area contributed by atoms with Crippen molar-refractivity contribution < 1.29 is 18.9 Å². The summed E-state index contributed by atoms with van der Waals surface area (Å²) in [4.78, 5) is 26.5. The van der Waals surface area contributed by atoms with E-state index in [0.29, 0.717) is 22.6 Å². The van der Waals surface area contributed by atoms with E-state index in [1.54, 1.807) is 30.8 Å². The van der Waals surface area contributed by atoms with Gasteiger partial charge in [0, 0.05) is 27.9 Å². The van der Waals surface area contributed by atoms with Gasteiger partial charge in [-0.1, -0.05) is 34.1 Å². The first-order chi connectivity index (χ1) is 15.0. The van der Waals surface area contributed by atoms with Gasteiger partial charge in [-0.15, -0.1) is 23.1 Å². The minimum absolute atomic E-state index is 0.0450. The van der Waals surface area contributed by atoms with Crippen molar-refractivity contribution in [3.8, 4) is 5.69 Å². The molecule has 0 spiro atoms. The number of pyridine rings is 1. The summed E-state index contributed by atoms with van der Waals surface area (Å²) in [5.74, 6) is 0.350. The highest BCUT2D eigenvalue weighted by Crippen LogP contribution is 2.38. The molecular weight excluding hydrogens is 494 g/mol. The number of rotatable bonds is 9. The number of benzene rings is 1. The second kappa shape index (κ2) is 11.4. The number of hydrogen-bond donors (Lipinski definition) is 0. The average Bonchev–Trinajstić information content (AvgIpc) is 3.12. The molecular formula is C24H23BrNO3S2+. The Morgan fingerprint density at radius 2 is 1.87 bits per heavy atom. The Morgan fingerprint density at radius 3 is 2.52 bits per heavy atom. The van der Waals surface area contributed by atoms with E-state index < -0.39 is 0 Å². The van der Waals surface area contributed by atoms with Crippen LogP contribution in [0.4, 0.5) is 0 Å². The normalized spacial score (nSPS) is 11.1. The van der Waals surface area contributed by atoms with Crippen LogP contribution in [-0.4, -0.2) is 24.1 Å². The highest BCUT2D eigenvalue weighted by Gasteiger charge is 2.31. The molecule has 4 nitrogen and oxygen atoms in total. The SMILES string of the molecule is C/C=C/CSc1sc(C(=O)c2ccc(Br)cc2)c(CC(=O)OCC)c1-[n+]1ccccc1. The van der Waals surface area contributed by atoms with E-state index in [-0.39, 0.29) is 18.2 Å². The topological polar surface area (TPSA) is 47.3 Å². The maximum absolute atomic E-state index is 13.5. The zero-order chi connectivity index (χ0) is 22.2. The summed E-state index contributed by atoms with van der Waals surface area (Å²) in [6, 6.07) is 13.1. The van der Waals surface area contributed by atoms with Crippen molar-refractivity contribution in [1.29, 1.82) is 0 Å². The second-order valence-corrected chi connectivity index (χ2v) is 9.75. The third-order valence-corrected chi connectivity index (χ3v) is 7.37. The second-order valence-electron chi connectivity index (χ2n) is 6.53. The van der Waals surface area contributed by atoms with Gasteiger partial charge in [0.2, 0.25) is 11.5 Å². The molecule has 0 N–H and O–H groups in total. The first kappa shape index (κ1) is 23.4. The van der Waals surface area contributed by atoms with Crippen molar-refractivity contribution in [1.82, 2.24) is 0 Å². The number of nitrogens with zero attached hydrogens (tertiary/aromatic N) is 1. The number of halogens is 1. The van der Waals surface area contributed by atoms with E-state index in [9.17, 15) is 9.59 Å². The number of carbonyl (C=O) groups is 2. The van der Waals surface area contributed by atoms with E-state index in [0.717, 1.165) is 20.1 Å². The monoisotopic (exact) mass is 516 g/mol. The maximum atomic E-state index is 13.5. The number of carbonyl (C=O) groups excluding carboxylic acids is 2. The Hall–Kier alpha value is -2.22. The lowest BCUT2D eigenvalue weighted by Crippen LogP contribution is -2.31. The summed E-state index contributed by atoms with van der Waals surface area (Å²) in [6.45, 7) is 4.07. The number of hydrogen-bond acceptors (Lipinski definition) is 5. The Bertz CT molecular complexity index is 1080. The Kier molecular flexibility index (Phi) is 8.63. The quantitative estimate of drug-likeness (QED) is 0.119. The van der Waals surface area contributed by atoms with Crippen LogP contribution in [0.1, 0.15) is 34.6 Å². The van der Waals surface area contributed by atoms with Crippen LogP contribution in [0.3, 0.4) is 0 Å². The molecule has 0 saturated heterocycles. The van der Waals surface area contributed by atoms with Gasteiger partial charge in [0.25, 0.3) is 0 Å². The van der Waals surface area contributed by atoms with Gasteiger partial charge in [-0.05, 0) is 38.1 Å². The molecule has 0 aliphatic heterocycles. The summed E-state index contributed by atoms with van der Waals surface area (Å²) >= 11 is 6.51. The molecule has 0 amide bonds. The molecule has 0 aliphatic rings. The van der Waals surface area contributed by atoms with E-state index in [1.165, 1.54) is 11.3 Å². The van der Waals surface area contributed by atoms with Gasteiger partial charge in [-0.25, -0.2) is 0 Å². The Labute approximate surface area is 199 Å². The van der Waals surface area contributed by atoms with Crippen molar-refractivity contribution in [3.05, 3.63) is 87.5 Å². The molecule has 160 valence electrons. The largest absolute Gasteiger partial charge is 0.466 e. The number of thioether (sulfide) groups is 1. The van der Waals surface area contributed by atoms with Gasteiger partial charge in [-0.3, -0.25) is 9.59 Å². The first-order valence-corrected chi connectivity index (χ1v) is 12.5. The molecule has 7 heteroatoms. The van der Waals surface area contributed by atoms with Crippen LogP contribution in [0.25, 0.3) is 5.69 Å². The van der Waals surface area contributed by atoms with Crippen molar-refractivity contribution in [3.63, 3.8) is 0 Å². The molecule has 0 bridgehead atoms. The predicted molar refractivity (Wildman–Crippen MR) is 129 cm³/mol. The van der Waals surface area contributed by atoms with Crippen LogP contribution in [0, 0.1) is 0 Å². The minimum atomic E-state index is -0.340. The molecule has 0 atom stereocenters. The molecule has 31 heavy (non-hydrogen) atoms. The third kappa shape index (κ3) is 5.93. The number of ketones is 1. The molecule has 3 rings (SSSR count). The molecule has 2 heterocycles. The summed E-state index contributed by atoms with van der Waals surface area (Å²) in [5.41, 5.74) is 2.16. The van der Waals surface area contributed by atoms with Crippen LogP contribution in [0.5, 0.6) is 0 Å². The standard InChI is InChI=1S/C24H23BrNO3S2/c1-3-5-15-30-24-21(26-13-7-6-8-14-26)19(16-20(27)29-4-2)23(31-24)22(28)17-9-11-18(25)12-10-17/h3,5-14H,4,15-16H2,1-2H3/q+1/b5-3+. The zero-order valence-electron chi connectivity index (χ0n) is 17.3. The van der Waals surface area contributed by atoms with E-state index in [1.807, 2.05) is 60.3 Å². The molecule has 1 aromatic carbocycles. The first-order valence-electron chi connectivity index (χ1n) is 9.87. The van der Waals surface area contributed by atoms with E-state index >= 15 is 0 Å². The smallest absolute Gasteiger partial charge is 0.310 e. The summed E-state index contributed by atoms with van der Waals surface area (Å²) in [7, 11) is 0. The van der Waals surface area contributed by atoms with Crippen molar-refractivity contribution in [2.24, 2.45) is 0 Å². The number of esters is 1. The minimum Gasteiger partial charge on any atom is -0.466 e. The van der Waals surface area contributed by atoms with Gasteiger partial charge in [0.1, 0.15) is 4.21 Å². The molecule has 2 aromatic heterocycles. The Morgan fingerprint density at radius 1 is 1.16 bits per heavy atom.